The van der Waals surface area contributed by atoms with Crippen LogP contribution < -0.4 is 20.7 Å². The maximum absolute atomic E-state index is 12.7. The van der Waals surface area contributed by atoms with Gasteiger partial charge < -0.3 is 25.8 Å². The Bertz CT molecular complexity index is 1470. The molecule has 0 radical (unpaired) electrons. The van der Waals surface area contributed by atoms with Crippen molar-refractivity contribution in [2.24, 2.45) is 0 Å². The van der Waals surface area contributed by atoms with Gasteiger partial charge in [-0.25, -0.2) is 4.98 Å². The van der Waals surface area contributed by atoms with Gasteiger partial charge >= 0.3 is 0 Å². The van der Waals surface area contributed by atoms with E-state index in [1.807, 2.05) is 31.2 Å². The van der Waals surface area contributed by atoms with Gasteiger partial charge in [0.25, 0.3) is 5.91 Å². The van der Waals surface area contributed by atoms with Gasteiger partial charge in [0.05, 0.1) is 31.2 Å². The van der Waals surface area contributed by atoms with E-state index in [-0.39, 0.29) is 23.6 Å². The number of nitrogens with one attached hydrogen (secondary N) is 3. The monoisotopic (exact) mass is 509 g/mol. The Morgan fingerprint density at radius 1 is 1.00 bits per heavy atom. The number of amides is 2. The van der Waals surface area contributed by atoms with Gasteiger partial charge in [-0.05, 0) is 73.2 Å². The van der Waals surface area contributed by atoms with Crippen molar-refractivity contribution in [2.75, 3.05) is 23.1 Å². The molecule has 0 saturated carbocycles. The molecule has 0 unspecified atom stereocenters. The minimum atomic E-state index is -0.319. The highest BCUT2D eigenvalue weighted by Crippen LogP contribution is 2.31. The number of phenols is 1. The molecule has 0 aliphatic carbocycles. The first-order chi connectivity index (χ1) is 18.4. The van der Waals surface area contributed by atoms with Crippen LogP contribution in [0.25, 0.3) is 11.3 Å². The predicted octanol–water partition coefficient (Wildman–Crippen LogP) is 5.41. The van der Waals surface area contributed by atoms with Crippen molar-refractivity contribution in [3.63, 3.8) is 0 Å². The second-order valence-electron chi connectivity index (χ2n) is 8.39. The molecule has 4 N–H and O–H groups in total. The second kappa shape index (κ2) is 11.7. The second-order valence-corrected chi connectivity index (χ2v) is 8.39. The zero-order chi connectivity index (χ0) is 27.1. The maximum atomic E-state index is 12.7. The van der Waals surface area contributed by atoms with Crippen LogP contribution in [0.5, 0.6) is 11.5 Å². The summed E-state index contributed by atoms with van der Waals surface area (Å²) in [5.41, 5.74) is 3.98. The zero-order valence-electron chi connectivity index (χ0n) is 20.9. The molecule has 9 heteroatoms. The fourth-order valence-electron chi connectivity index (χ4n) is 3.70. The lowest BCUT2D eigenvalue weighted by molar-refractivity contribution is -0.111. The van der Waals surface area contributed by atoms with Gasteiger partial charge in [0.2, 0.25) is 5.91 Å². The summed E-state index contributed by atoms with van der Waals surface area (Å²) in [6.07, 6.45) is 4.45. The molecule has 38 heavy (non-hydrogen) atoms. The standard InChI is InChI=1S/C29H27N5O4/c1-4-28(36)32-22-11-8-19(9-12-22)29(37)33-23-7-5-6-20(14-23)18(2)31-27-17-30-16-24(34-27)21-10-13-25(35)26(15-21)38-3/h4-18,35H,1H2,2-3H3,(H,31,34)(H,32,36)(H,33,37)/t18-/m0/s1. The van der Waals surface area contributed by atoms with Crippen LogP contribution in [0.3, 0.4) is 0 Å². The molecular formula is C29H27N5O4. The summed E-state index contributed by atoms with van der Waals surface area (Å²) in [5, 5.41) is 18.7. The Labute approximate surface area is 220 Å². The van der Waals surface area contributed by atoms with Crippen molar-refractivity contribution >= 4 is 29.0 Å². The Morgan fingerprint density at radius 2 is 1.79 bits per heavy atom. The van der Waals surface area contributed by atoms with E-state index >= 15 is 0 Å². The van der Waals surface area contributed by atoms with E-state index < -0.39 is 0 Å². The first-order valence-electron chi connectivity index (χ1n) is 11.8. The van der Waals surface area contributed by atoms with Crippen LogP contribution in [0.1, 0.15) is 28.9 Å². The van der Waals surface area contributed by atoms with E-state index in [0.717, 1.165) is 11.1 Å². The molecule has 1 heterocycles. The Kier molecular flexibility index (Phi) is 7.98. The lowest BCUT2D eigenvalue weighted by Crippen LogP contribution is -2.13. The summed E-state index contributed by atoms with van der Waals surface area (Å²) in [7, 11) is 1.49. The molecule has 4 rings (SSSR count). The highest BCUT2D eigenvalue weighted by Gasteiger charge is 2.12. The van der Waals surface area contributed by atoms with E-state index in [1.54, 1.807) is 54.9 Å². The van der Waals surface area contributed by atoms with Crippen molar-refractivity contribution in [3.8, 4) is 22.8 Å². The van der Waals surface area contributed by atoms with Gasteiger partial charge in [-0.1, -0.05) is 18.7 Å². The molecule has 1 aromatic heterocycles. The van der Waals surface area contributed by atoms with Crippen LogP contribution >= 0.6 is 0 Å². The lowest BCUT2D eigenvalue weighted by atomic mass is 10.1. The van der Waals surface area contributed by atoms with E-state index in [0.29, 0.717) is 34.2 Å². The summed E-state index contributed by atoms with van der Waals surface area (Å²) in [5.74, 6) is 0.380. The molecule has 2 amide bonds. The third kappa shape index (κ3) is 6.33. The third-order valence-electron chi connectivity index (χ3n) is 5.72. The number of anilines is 3. The average molecular weight is 510 g/mol. The minimum absolute atomic E-state index is 0.0492. The quantitative estimate of drug-likeness (QED) is 0.222. The zero-order valence-corrected chi connectivity index (χ0v) is 20.9. The van der Waals surface area contributed by atoms with Gasteiger partial charge in [-0.2, -0.15) is 0 Å². The molecule has 192 valence electrons. The fourth-order valence-corrected chi connectivity index (χ4v) is 3.70. The molecule has 3 aromatic carbocycles. The number of aromatic nitrogens is 2. The highest BCUT2D eigenvalue weighted by molar-refractivity contribution is 6.05. The van der Waals surface area contributed by atoms with E-state index in [2.05, 4.69) is 32.5 Å². The number of carbonyl (C=O) groups excluding carboxylic acids is 2. The Morgan fingerprint density at radius 3 is 2.53 bits per heavy atom. The SMILES string of the molecule is C=CC(=O)Nc1ccc(C(=O)Nc2cccc([C@H](C)Nc3cncc(-c4ccc(O)c(OC)c4)n3)c2)cc1. The summed E-state index contributed by atoms with van der Waals surface area (Å²) in [6, 6.07) is 18.9. The molecule has 4 aromatic rings. The minimum Gasteiger partial charge on any atom is -0.504 e. The van der Waals surface area contributed by atoms with E-state index in [1.165, 1.54) is 13.2 Å². The van der Waals surface area contributed by atoms with Crippen molar-refractivity contribution < 1.29 is 19.4 Å². The number of hydrogen-bond acceptors (Lipinski definition) is 7. The van der Waals surface area contributed by atoms with Gasteiger partial charge in [0.1, 0.15) is 5.82 Å². The van der Waals surface area contributed by atoms with Gasteiger partial charge in [0, 0.05) is 22.5 Å². The summed E-state index contributed by atoms with van der Waals surface area (Å²) in [4.78, 5) is 33.1. The number of nitrogens with zero attached hydrogens (tertiary/aromatic N) is 2. The molecule has 0 aliphatic rings. The molecule has 0 saturated heterocycles. The molecule has 0 fully saturated rings. The predicted molar refractivity (Wildman–Crippen MR) is 147 cm³/mol. The van der Waals surface area contributed by atoms with Gasteiger partial charge in [-0.15, -0.1) is 0 Å². The van der Waals surface area contributed by atoms with Crippen molar-refractivity contribution in [1.29, 1.82) is 0 Å². The number of ether oxygens (including phenoxy) is 1. The molecule has 0 bridgehead atoms. The van der Waals surface area contributed by atoms with Crippen LogP contribution in [0.15, 0.2) is 91.8 Å². The Hall–Kier alpha value is -5.18. The molecular weight excluding hydrogens is 482 g/mol. The smallest absolute Gasteiger partial charge is 0.255 e. The number of methoxy groups -OCH3 is 1. The van der Waals surface area contributed by atoms with Crippen LogP contribution in [0.4, 0.5) is 17.2 Å². The largest absolute Gasteiger partial charge is 0.504 e. The summed E-state index contributed by atoms with van der Waals surface area (Å²) in [6.45, 7) is 5.40. The van der Waals surface area contributed by atoms with E-state index in [4.69, 9.17) is 4.74 Å². The highest BCUT2D eigenvalue weighted by atomic mass is 16.5. The van der Waals surface area contributed by atoms with Crippen molar-refractivity contribution in [2.45, 2.75) is 13.0 Å². The number of phenolic OH excluding ortho intramolecular Hbond substituents is 1. The number of aromatic hydroxyl groups is 1. The molecule has 0 spiro atoms. The van der Waals surface area contributed by atoms with Gasteiger partial charge in [-0.3, -0.25) is 14.6 Å². The first-order valence-corrected chi connectivity index (χ1v) is 11.8. The number of carbonyl (C=O) groups is 2. The average Bonchev–Trinajstić information content (AvgIpc) is 2.94. The van der Waals surface area contributed by atoms with Crippen LogP contribution in [0, 0.1) is 0 Å². The van der Waals surface area contributed by atoms with Crippen LogP contribution in [0.2, 0.25) is 0 Å². The molecule has 9 nitrogen and oxygen atoms in total. The molecule has 1 atom stereocenters. The fraction of sp³-hybridized carbons (Fsp3) is 0.103. The number of benzene rings is 3. The van der Waals surface area contributed by atoms with Crippen LogP contribution in [-0.2, 0) is 4.79 Å². The van der Waals surface area contributed by atoms with E-state index in [9.17, 15) is 14.7 Å². The molecule has 0 aliphatic heterocycles. The van der Waals surface area contributed by atoms with Crippen molar-refractivity contribution in [1.82, 2.24) is 9.97 Å². The summed E-state index contributed by atoms with van der Waals surface area (Å²) >= 11 is 0. The summed E-state index contributed by atoms with van der Waals surface area (Å²) < 4.78 is 5.19. The number of rotatable bonds is 9. The lowest BCUT2D eigenvalue weighted by Gasteiger charge is -2.17. The third-order valence-corrected chi connectivity index (χ3v) is 5.72. The number of hydrogen-bond donors (Lipinski definition) is 4. The maximum Gasteiger partial charge on any atom is 0.255 e. The van der Waals surface area contributed by atoms with Crippen molar-refractivity contribution in [3.05, 3.63) is 103 Å². The topological polar surface area (TPSA) is 125 Å². The first kappa shape index (κ1) is 25.9. The normalized spacial score (nSPS) is 11.2. The van der Waals surface area contributed by atoms with Crippen LogP contribution in [-0.4, -0.2) is 34.0 Å². The Balaban J connectivity index is 1.43. The van der Waals surface area contributed by atoms with Gasteiger partial charge in [0.15, 0.2) is 11.5 Å².